The molecular formula is C20H20F2N2O3S. The predicted octanol–water partition coefficient (Wildman–Crippen LogP) is 2.82. The van der Waals surface area contributed by atoms with E-state index in [1.54, 1.807) is 11.0 Å². The number of nitrogens with zero attached hydrogens (tertiary/aromatic N) is 2. The molecular weight excluding hydrogens is 386 g/mol. The molecule has 0 radical (unpaired) electrons. The number of hydrogen-bond donors (Lipinski definition) is 0. The monoisotopic (exact) mass is 406 g/mol. The van der Waals surface area contributed by atoms with Gasteiger partial charge in [-0.05, 0) is 36.8 Å². The molecule has 1 heterocycles. The molecule has 0 aliphatic carbocycles. The topological polar surface area (TPSA) is 57.7 Å². The molecule has 0 atom stereocenters. The number of carbonyl (C=O) groups excluding carboxylic acids is 1. The highest BCUT2D eigenvalue weighted by atomic mass is 32.2. The number of benzene rings is 2. The molecule has 0 bridgehead atoms. The maximum Gasteiger partial charge on any atom is 0.246 e. The van der Waals surface area contributed by atoms with Crippen LogP contribution in [-0.4, -0.2) is 49.7 Å². The molecule has 1 fully saturated rings. The molecule has 8 heteroatoms. The Morgan fingerprint density at radius 2 is 1.61 bits per heavy atom. The standard InChI is InChI=1S/C20H20F2N2O3S/c1-15-2-4-16(5-3-15)6-9-20(25)23-10-12-24(13-11-23)28(26,27)17-7-8-18(21)19(22)14-17/h2-9,14H,10-13H2,1H3/b9-6+. The zero-order chi connectivity index (χ0) is 20.3. The highest BCUT2D eigenvalue weighted by Crippen LogP contribution is 2.20. The maximum atomic E-state index is 13.4. The minimum absolute atomic E-state index is 0.0887. The van der Waals surface area contributed by atoms with Crippen molar-refractivity contribution in [2.45, 2.75) is 11.8 Å². The Morgan fingerprint density at radius 3 is 2.21 bits per heavy atom. The number of carbonyl (C=O) groups is 1. The van der Waals surface area contributed by atoms with Crippen molar-refractivity contribution in [2.75, 3.05) is 26.2 Å². The van der Waals surface area contributed by atoms with Crippen molar-refractivity contribution in [3.8, 4) is 0 Å². The second-order valence-corrected chi connectivity index (χ2v) is 8.49. The van der Waals surface area contributed by atoms with E-state index in [-0.39, 0.29) is 37.0 Å². The first-order chi connectivity index (χ1) is 13.3. The number of piperazine rings is 1. The van der Waals surface area contributed by atoms with E-state index in [4.69, 9.17) is 0 Å². The van der Waals surface area contributed by atoms with Crippen molar-refractivity contribution in [1.29, 1.82) is 0 Å². The molecule has 0 unspecified atom stereocenters. The van der Waals surface area contributed by atoms with Gasteiger partial charge in [-0.25, -0.2) is 17.2 Å². The Morgan fingerprint density at radius 1 is 0.964 bits per heavy atom. The first kappa shape index (κ1) is 20.2. The quantitative estimate of drug-likeness (QED) is 0.734. The van der Waals surface area contributed by atoms with Crippen molar-refractivity contribution >= 4 is 22.0 Å². The second kappa shape index (κ2) is 8.20. The van der Waals surface area contributed by atoms with Gasteiger partial charge in [-0.2, -0.15) is 4.31 Å². The fourth-order valence-corrected chi connectivity index (χ4v) is 4.32. The SMILES string of the molecule is Cc1ccc(/C=C/C(=O)N2CCN(S(=O)(=O)c3ccc(F)c(F)c3)CC2)cc1. The summed E-state index contributed by atoms with van der Waals surface area (Å²) >= 11 is 0. The first-order valence-corrected chi connectivity index (χ1v) is 10.2. The lowest BCUT2D eigenvalue weighted by atomic mass is 10.1. The van der Waals surface area contributed by atoms with Crippen molar-refractivity contribution in [1.82, 2.24) is 9.21 Å². The summed E-state index contributed by atoms with van der Waals surface area (Å²) in [4.78, 5) is 13.6. The molecule has 5 nitrogen and oxygen atoms in total. The van der Waals surface area contributed by atoms with Gasteiger partial charge in [0.2, 0.25) is 15.9 Å². The number of aryl methyl sites for hydroxylation is 1. The molecule has 1 aliphatic heterocycles. The van der Waals surface area contributed by atoms with Crippen LogP contribution in [0.4, 0.5) is 8.78 Å². The Labute approximate surface area is 162 Å². The Hall–Kier alpha value is -2.58. The van der Waals surface area contributed by atoms with Crippen LogP contribution in [0.25, 0.3) is 6.08 Å². The molecule has 28 heavy (non-hydrogen) atoms. The average Bonchev–Trinajstić information content (AvgIpc) is 2.69. The third-order valence-corrected chi connectivity index (χ3v) is 6.47. The van der Waals surface area contributed by atoms with Crippen LogP contribution >= 0.6 is 0 Å². The molecule has 2 aromatic rings. The van der Waals surface area contributed by atoms with Crippen LogP contribution < -0.4 is 0 Å². The fourth-order valence-electron chi connectivity index (χ4n) is 2.89. The summed E-state index contributed by atoms with van der Waals surface area (Å²) in [6, 6.07) is 10.2. The van der Waals surface area contributed by atoms with E-state index in [1.807, 2.05) is 31.2 Å². The van der Waals surface area contributed by atoms with E-state index in [1.165, 1.54) is 10.4 Å². The van der Waals surface area contributed by atoms with Gasteiger partial charge in [0.15, 0.2) is 11.6 Å². The van der Waals surface area contributed by atoms with Gasteiger partial charge in [-0.1, -0.05) is 29.8 Å². The van der Waals surface area contributed by atoms with Crippen molar-refractivity contribution < 1.29 is 22.0 Å². The van der Waals surface area contributed by atoms with Crippen molar-refractivity contribution in [3.63, 3.8) is 0 Å². The highest BCUT2D eigenvalue weighted by molar-refractivity contribution is 7.89. The molecule has 1 saturated heterocycles. The van der Waals surface area contributed by atoms with Gasteiger partial charge in [0.25, 0.3) is 0 Å². The number of hydrogen-bond acceptors (Lipinski definition) is 3. The Kier molecular flexibility index (Phi) is 5.90. The zero-order valence-electron chi connectivity index (χ0n) is 15.3. The Bertz CT molecular complexity index is 997. The second-order valence-electron chi connectivity index (χ2n) is 6.55. The summed E-state index contributed by atoms with van der Waals surface area (Å²) in [6.07, 6.45) is 3.18. The number of halogens is 2. The van der Waals surface area contributed by atoms with E-state index in [2.05, 4.69) is 0 Å². The van der Waals surface area contributed by atoms with Crippen LogP contribution in [0.1, 0.15) is 11.1 Å². The van der Waals surface area contributed by atoms with Crippen molar-refractivity contribution in [3.05, 3.63) is 71.3 Å². The van der Waals surface area contributed by atoms with Gasteiger partial charge >= 0.3 is 0 Å². The normalized spacial score (nSPS) is 15.9. The van der Waals surface area contributed by atoms with Crippen LogP contribution in [0.5, 0.6) is 0 Å². The van der Waals surface area contributed by atoms with Gasteiger partial charge in [0, 0.05) is 32.3 Å². The number of rotatable bonds is 4. The van der Waals surface area contributed by atoms with Crippen LogP contribution in [-0.2, 0) is 14.8 Å². The van der Waals surface area contributed by atoms with Crippen molar-refractivity contribution in [2.24, 2.45) is 0 Å². The third-order valence-electron chi connectivity index (χ3n) is 4.57. The van der Waals surface area contributed by atoms with Gasteiger partial charge in [0.1, 0.15) is 0 Å². The molecule has 1 aliphatic rings. The lowest BCUT2D eigenvalue weighted by molar-refractivity contribution is -0.127. The smallest absolute Gasteiger partial charge is 0.246 e. The summed E-state index contributed by atoms with van der Waals surface area (Å²) in [5.41, 5.74) is 2.03. The molecule has 3 rings (SSSR count). The molecule has 148 valence electrons. The van der Waals surface area contributed by atoms with E-state index in [0.717, 1.165) is 23.3 Å². The minimum Gasteiger partial charge on any atom is -0.337 e. The zero-order valence-corrected chi connectivity index (χ0v) is 16.1. The lowest BCUT2D eigenvalue weighted by Gasteiger charge is -2.33. The van der Waals surface area contributed by atoms with E-state index in [0.29, 0.717) is 6.07 Å². The van der Waals surface area contributed by atoms with Gasteiger partial charge in [-0.3, -0.25) is 4.79 Å². The largest absolute Gasteiger partial charge is 0.337 e. The van der Waals surface area contributed by atoms with Crippen LogP contribution in [0.3, 0.4) is 0 Å². The molecule has 2 aromatic carbocycles. The van der Waals surface area contributed by atoms with Gasteiger partial charge in [0.05, 0.1) is 4.90 Å². The molecule has 1 amide bonds. The average molecular weight is 406 g/mol. The molecule has 0 saturated carbocycles. The maximum absolute atomic E-state index is 13.4. The molecule has 0 N–H and O–H groups in total. The third kappa shape index (κ3) is 4.45. The summed E-state index contributed by atoms with van der Waals surface area (Å²) in [7, 11) is -3.94. The van der Waals surface area contributed by atoms with E-state index >= 15 is 0 Å². The van der Waals surface area contributed by atoms with Gasteiger partial charge in [-0.15, -0.1) is 0 Å². The summed E-state index contributed by atoms with van der Waals surface area (Å²) in [6.45, 7) is 2.60. The summed E-state index contributed by atoms with van der Waals surface area (Å²) in [5.74, 6) is -2.52. The van der Waals surface area contributed by atoms with Crippen LogP contribution in [0, 0.1) is 18.6 Å². The molecule has 0 spiro atoms. The lowest BCUT2D eigenvalue weighted by Crippen LogP contribution is -2.50. The van der Waals surface area contributed by atoms with E-state index in [9.17, 15) is 22.0 Å². The number of amides is 1. The summed E-state index contributed by atoms with van der Waals surface area (Å²) in [5, 5.41) is 0. The van der Waals surface area contributed by atoms with Gasteiger partial charge < -0.3 is 4.90 Å². The first-order valence-electron chi connectivity index (χ1n) is 8.76. The highest BCUT2D eigenvalue weighted by Gasteiger charge is 2.30. The van der Waals surface area contributed by atoms with Crippen LogP contribution in [0.15, 0.2) is 53.4 Å². The minimum atomic E-state index is -3.94. The fraction of sp³-hybridized carbons (Fsp3) is 0.250. The Balaban J connectivity index is 1.62. The summed E-state index contributed by atoms with van der Waals surface area (Å²) < 4.78 is 52.8. The molecule has 0 aromatic heterocycles. The van der Waals surface area contributed by atoms with E-state index < -0.39 is 21.7 Å². The van der Waals surface area contributed by atoms with Crippen LogP contribution in [0.2, 0.25) is 0 Å². The predicted molar refractivity (Wildman–Crippen MR) is 102 cm³/mol. The number of sulfonamides is 1.